The van der Waals surface area contributed by atoms with Crippen molar-refractivity contribution >= 4 is 11.8 Å². The fourth-order valence-electron chi connectivity index (χ4n) is 3.37. The summed E-state index contributed by atoms with van der Waals surface area (Å²) in [5.41, 5.74) is 1.42. The van der Waals surface area contributed by atoms with E-state index in [0.29, 0.717) is 28.4 Å². The van der Waals surface area contributed by atoms with E-state index in [1.807, 2.05) is 0 Å². The summed E-state index contributed by atoms with van der Waals surface area (Å²) < 4.78 is 29.2. The Morgan fingerprint density at radius 3 is 2.36 bits per heavy atom. The molecule has 2 amide bonds. The van der Waals surface area contributed by atoms with E-state index in [1.54, 1.807) is 49.4 Å². The van der Waals surface area contributed by atoms with Crippen molar-refractivity contribution in [1.82, 2.24) is 10.2 Å². The quantitative estimate of drug-likeness (QED) is 0.505. The molecule has 0 aliphatic carbocycles. The number of halogens is 1. The zero-order valence-corrected chi connectivity index (χ0v) is 18.8. The lowest BCUT2D eigenvalue weighted by Gasteiger charge is -2.29. The van der Waals surface area contributed by atoms with Crippen LogP contribution >= 0.6 is 0 Å². The minimum atomic E-state index is -0.766. The highest BCUT2D eigenvalue weighted by molar-refractivity contribution is 5.88. The summed E-state index contributed by atoms with van der Waals surface area (Å²) in [6, 6.07) is 13.8. The van der Waals surface area contributed by atoms with Crippen molar-refractivity contribution < 1.29 is 27.9 Å². The Morgan fingerprint density at radius 2 is 1.73 bits per heavy atom. The van der Waals surface area contributed by atoms with Crippen LogP contribution in [-0.2, 0) is 29.1 Å². The Balaban J connectivity index is 1.78. The molecule has 0 fully saturated rings. The fraction of sp³-hybridized carbons (Fsp3) is 0.280. The zero-order valence-electron chi connectivity index (χ0n) is 18.8. The van der Waals surface area contributed by atoms with Crippen LogP contribution in [0.2, 0.25) is 0 Å². The van der Waals surface area contributed by atoms with Gasteiger partial charge in [-0.2, -0.15) is 0 Å². The smallest absolute Gasteiger partial charge is 0.242 e. The topological polar surface area (TPSA) is 81.0 Å². The summed E-state index contributed by atoms with van der Waals surface area (Å²) in [6.45, 7) is 2.03. The molecular weight excluding hydrogens is 427 g/mol. The van der Waals surface area contributed by atoms with Crippen LogP contribution < -0.4 is 14.8 Å². The number of methoxy groups -OCH3 is 2. The Bertz CT molecular complexity index is 1070. The van der Waals surface area contributed by atoms with Gasteiger partial charge in [-0.25, -0.2) is 4.39 Å². The van der Waals surface area contributed by atoms with E-state index in [1.165, 1.54) is 37.5 Å². The van der Waals surface area contributed by atoms with Gasteiger partial charge in [0.05, 0.1) is 33.4 Å². The monoisotopic (exact) mass is 454 g/mol. The van der Waals surface area contributed by atoms with Crippen molar-refractivity contribution in [2.24, 2.45) is 0 Å². The minimum absolute atomic E-state index is 0.0529. The predicted molar refractivity (Wildman–Crippen MR) is 120 cm³/mol. The molecule has 1 heterocycles. The van der Waals surface area contributed by atoms with Gasteiger partial charge in [0.15, 0.2) is 11.5 Å². The summed E-state index contributed by atoms with van der Waals surface area (Å²) in [5, 5.41) is 2.79. The number of ether oxygens (including phenoxy) is 2. The molecule has 1 atom stereocenters. The molecule has 0 radical (unpaired) electrons. The number of rotatable bonds is 10. The molecule has 0 saturated carbocycles. The first-order valence-electron chi connectivity index (χ1n) is 10.5. The molecule has 3 aromatic rings. The minimum Gasteiger partial charge on any atom is -0.493 e. The van der Waals surface area contributed by atoms with Gasteiger partial charge in [0.25, 0.3) is 0 Å². The van der Waals surface area contributed by atoms with Crippen LogP contribution in [0.5, 0.6) is 11.5 Å². The third-order valence-electron chi connectivity index (χ3n) is 5.25. The molecule has 0 unspecified atom stereocenters. The van der Waals surface area contributed by atoms with Crippen molar-refractivity contribution in [2.45, 2.75) is 32.5 Å². The van der Waals surface area contributed by atoms with Crippen molar-refractivity contribution in [3.05, 3.63) is 83.6 Å². The second-order valence-electron chi connectivity index (χ2n) is 7.49. The maximum atomic E-state index is 13.3. The Hall–Kier alpha value is -3.81. The van der Waals surface area contributed by atoms with Gasteiger partial charge in [0, 0.05) is 6.54 Å². The van der Waals surface area contributed by atoms with E-state index in [9.17, 15) is 14.0 Å². The Kier molecular flexibility index (Phi) is 8.07. The van der Waals surface area contributed by atoms with Crippen LogP contribution in [0.4, 0.5) is 4.39 Å². The highest BCUT2D eigenvalue weighted by Crippen LogP contribution is 2.28. The number of hydrogen-bond donors (Lipinski definition) is 1. The van der Waals surface area contributed by atoms with Gasteiger partial charge < -0.3 is 24.1 Å². The summed E-state index contributed by atoms with van der Waals surface area (Å²) >= 11 is 0. The second kappa shape index (κ2) is 11.2. The molecule has 1 aromatic heterocycles. The highest BCUT2D eigenvalue weighted by atomic mass is 19.1. The maximum Gasteiger partial charge on any atom is 0.242 e. The lowest BCUT2D eigenvalue weighted by Crippen LogP contribution is -2.47. The first-order valence-corrected chi connectivity index (χ1v) is 10.5. The molecule has 0 spiro atoms. The molecule has 2 aromatic carbocycles. The Morgan fingerprint density at radius 1 is 1.03 bits per heavy atom. The number of hydrogen-bond acceptors (Lipinski definition) is 5. The maximum absolute atomic E-state index is 13.3. The number of nitrogens with zero attached hydrogens (tertiary/aromatic N) is 1. The van der Waals surface area contributed by atoms with Gasteiger partial charge in [-0.1, -0.05) is 18.2 Å². The van der Waals surface area contributed by atoms with E-state index in [2.05, 4.69) is 5.32 Å². The fourth-order valence-corrected chi connectivity index (χ4v) is 3.37. The van der Waals surface area contributed by atoms with Gasteiger partial charge in [-0.3, -0.25) is 9.59 Å². The molecule has 0 saturated heterocycles. The summed E-state index contributed by atoms with van der Waals surface area (Å²) in [5.74, 6) is 0.726. The molecule has 0 bridgehead atoms. The van der Waals surface area contributed by atoms with Crippen LogP contribution in [0.15, 0.2) is 65.3 Å². The lowest BCUT2D eigenvalue weighted by molar-refractivity contribution is -0.140. The summed E-state index contributed by atoms with van der Waals surface area (Å²) in [7, 11) is 3.06. The van der Waals surface area contributed by atoms with Crippen LogP contribution in [0.25, 0.3) is 0 Å². The predicted octanol–water partition coefficient (Wildman–Crippen LogP) is 3.71. The van der Waals surface area contributed by atoms with E-state index in [0.717, 1.165) is 0 Å². The van der Waals surface area contributed by atoms with Crippen LogP contribution in [0, 0.1) is 5.82 Å². The van der Waals surface area contributed by atoms with Crippen molar-refractivity contribution in [1.29, 1.82) is 0 Å². The first-order chi connectivity index (χ1) is 15.9. The third kappa shape index (κ3) is 6.35. The second-order valence-corrected chi connectivity index (χ2v) is 7.49. The normalized spacial score (nSPS) is 11.5. The van der Waals surface area contributed by atoms with Crippen LogP contribution in [0.1, 0.15) is 23.8 Å². The molecule has 1 N–H and O–H groups in total. The largest absolute Gasteiger partial charge is 0.493 e. The molecule has 0 aliphatic heterocycles. The lowest BCUT2D eigenvalue weighted by atomic mass is 10.1. The standard InChI is InChI=1S/C25H27FN2O5/c1-17(25(30)27-15-21-5-4-12-33-21)28(16-18-6-9-20(26)10-7-18)24(29)14-19-8-11-22(31-2)23(13-19)32-3/h4-13,17H,14-16H2,1-3H3,(H,27,30)/t17-/m0/s1. The molecule has 174 valence electrons. The van der Waals surface area contributed by atoms with Gasteiger partial charge in [-0.15, -0.1) is 0 Å². The molecule has 0 aliphatic rings. The van der Waals surface area contributed by atoms with Gasteiger partial charge in [-0.05, 0) is 54.4 Å². The summed E-state index contributed by atoms with van der Waals surface area (Å²) in [6.07, 6.45) is 1.58. The van der Waals surface area contributed by atoms with Crippen LogP contribution in [-0.4, -0.2) is 37.0 Å². The van der Waals surface area contributed by atoms with Gasteiger partial charge >= 0.3 is 0 Å². The van der Waals surface area contributed by atoms with Gasteiger partial charge in [0.1, 0.15) is 17.6 Å². The van der Waals surface area contributed by atoms with E-state index in [-0.39, 0.29) is 37.1 Å². The number of furan rings is 1. The van der Waals surface area contributed by atoms with Crippen LogP contribution in [0.3, 0.4) is 0 Å². The average molecular weight is 454 g/mol. The Labute approximate surface area is 192 Å². The van der Waals surface area contributed by atoms with Crippen molar-refractivity contribution in [3.63, 3.8) is 0 Å². The molecular formula is C25H27FN2O5. The van der Waals surface area contributed by atoms with E-state index < -0.39 is 6.04 Å². The molecule has 3 rings (SSSR count). The van der Waals surface area contributed by atoms with Crippen molar-refractivity contribution in [3.8, 4) is 11.5 Å². The number of carbonyl (C=O) groups is 2. The van der Waals surface area contributed by atoms with E-state index >= 15 is 0 Å². The number of amides is 2. The number of nitrogens with one attached hydrogen (secondary N) is 1. The average Bonchev–Trinajstić information content (AvgIpc) is 3.35. The number of benzene rings is 2. The van der Waals surface area contributed by atoms with E-state index in [4.69, 9.17) is 13.9 Å². The highest BCUT2D eigenvalue weighted by Gasteiger charge is 2.26. The van der Waals surface area contributed by atoms with Crippen molar-refractivity contribution in [2.75, 3.05) is 14.2 Å². The SMILES string of the molecule is COc1ccc(CC(=O)N(Cc2ccc(F)cc2)[C@@H](C)C(=O)NCc2ccco2)cc1OC. The third-order valence-corrected chi connectivity index (χ3v) is 5.25. The summed E-state index contributed by atoms with van der Waals surface area (Å²) in [4.78, 5) is 27.6. The molecule has 7 nitrogen and oxygen atoms in total. The molecule has 33 heavy (non-hydrogen) atoms. The zero-order chi connectivity index (χ0) is 23.8. The molecule has 8 heteroatoms. The first kappa shape index (κ1) is 23.8. The number of carbonyl (C=O) groups excluding carboxylic acids is 2. The van der Waals surface area contributed by atoms with Gasteiger partial charge in [0.2, 0.25) is 11.8 Å².